The molecule has 0 saturated heterocycles. The minimum atomic E-state index is -0.521. The molecular formula is C30H25F2N5O. The second kappa shape index (κ2) is 9.63. The second-order valence-corrected chi connectivity index (χ2v) is 9.17. The smallest absolute Gasteiger partial charge is 0.308 e. The fourth-order valence-electron chi connectivity index (χ4n) is 5.07. The zero-order chi connectivity index (χ0) is 26.2. The molecule has 0 bridgehead atoms. The van der Waals surface area contributed by atoms with E-state index >= 15 is 0 Å². The van der Waals surface area contributed by atoms with Crippen molar-refractivity contribution in [2.24, 2.45) is 0 Å². The van der Waals surface area contributed by atoms with Gasteiger partial charge in [-0.15, -0.1) is 0 Å². The van der Waals surface area contributed by atoms with Gasteiger partial charge in [0.15, 0.2) is 0 Å². The maximum absolute atomic E-state index is 13.9. The first-order valence-electron chi connectivity index (χ1n) is 12.5. The number of anilines is 1. The summed E-state index contributed by atoms with van der Waals surface area (Å²) in [5.74, 6) is 0.124. The number of benzene rings is 3. The average Bonchev–Trinajstić information content (AvgIpc) is 3.52. The zero-order valence-corrected chi connectivity index (χ0v) is 20.7. The highest BCUT2D eigenvalue weighted by molar-refractivity contribution is 5.90. The molecule has 1 N–H and O–H groups in total. The standard InChI is InChI=1S/C30H25F2N5O/c1-2-26-25-19-36(30(38)33-23-16-14-22(32)15-17-23)28(20-10-12-21(31)13-11-20)27-9-6-18-35(27)29(25)37(34-26)24-7-4-3-5-8-24/h3-18,28H,2,19H2,1H3,(H,33,38). The first kappa shape index (κ1) is 23.7. The number of para-hydroxylation sites is 1. The molecule has 0 radical (unpaired) electrons. The molecule has 190 valence electrons. The lowest BCUT2D eigenvalue weighted by molar-refractivity contribution is 0.194. The van der Waals surface area contributed by atoms with Crippen molar-refractivity contribution in [3.63, 3.8) is 0 Å². The van der Waals surface area contributed by atoms with Crippen LogP contribution in [0.1, 0.15) is 35.5 Å². The normalized spacial score (nSPS) is 14.5. The van der Waals surface area contributed by atoms with Gasteiger partial charge >= 0.3 is 6.03 Å². The molecule has 1 unspecified atom stereocenters. The molecule has 3 aromatic carbocycles. The fraction of sp³-hybridized carbons (Fsp3) is 0.133. The van der Waals surface area contributed by atoms with Gasteiger partial charge in [0.05, 0.1) is 29.7 Å². The lowest BCUT2D eigenvalue weighted by atomic mass is 10.0. The van der Waals surface area contributed by atoms with E-state index in [2.05, 4.69) is 9.88 Å². The Morgan fingerprint density at radius 2 is 1.61 bits per heavy atom. The molecule has 0 aliphatic carbocycles. The molecule has 8 heteroatoms. The van der Waals surface area contributed by atoms with Gasteiger partial charge in [0.25, 0.3) is 0 Å². The van der Waals surface area contributed by atoms with Gasteiger partial charge in [0.2, 0.25) is 0 Å². The Morgan fingerprint density at radius 3 is 2.29 bits per heavy atom. The average molecular weight is 510 g/mol. The highest BCUT2D eigenvalue weighted by Gasteiger charge is 2.36. The van der Waals surface area contributed by atoms with E-state index in [4.69, 9.17) is 5.10 Å². The van der Waals surface area contributed by atoms with Gasteiger partial charge < -0.3 is 14.8 Å². The summed E-state index contributed by atoms with van der Waals surface area (Å²) in [7, 11) is 0. The van der Waals surface area contributed by atoms with Gasteiger partial charge in [-0.1, -0.05) is 37.3 Å². The van der Waals surface area contributed by atoms with Crippen LogP contribution < -0.4 is 5.32 Å². The van der Waals surface area contributed by atoms with Crippen LogP contribution in [0.15, 0.2) is 97.2 Å². The maximum Gasteiger partial charge on any atom is 0.322 e. The number of fused-ring (bicyclic) bond motifs is 3. The number of nitrogens with one attached hydrogen (secondary N) is 1. The maximum atomic E-state index is 13.9. The summed E-state index contributed by atoms with van der Waals surface area (Å²) in [5, 5.41) is 7.86. The number of rotatable bonds is 4. The van der Waals surface area contributed by atoms with E-state index < -0.39 is 6.04 Å². The van der Waals surface area contributed by atoms with Crippen molar-refractivity contribution < 1.29 is 13.6 Å². The third kappa shape index (κ3) is 4.14. The minimum Gasteiger partial charge on any atom is -0.308 e. The molecule has 6 rings (SSSR count). The summed E-state index contributed by atoms with van der Waals surface area (Å²) >= 11 is 0. The lowest BCUT2D eigenvalue weighted by Gasteiger charge is -2.31. The Bertz CT molecular complexity index is 1590. The molecule has 2 amide bonds. The van der Waals surface area contributed by atoms with E-state index in [9.17, 15) is 13.6 Å². The predicted molar refractivity (Wildman–Crippen MR) is 141 cm³/mol. The molecule has 0 saturated carbocycles. The minimum absolute atomic E-state index is 0.266. The van der Waals surface area contributed by atoms with Crippen LogP contribution in [0.2, 0.25) is 0 Å². The van der Waals surface area contributed by atoms with E-state index in [1.807, 2.05) is 60.3 Å². The SMILES string of the molecule is CCc1nn(-c2ccccc2)c2c1CN(C(=O)Nc1ccc(F)cc1)C(c1ccc(F)cc1)c1cccn1-2. The summed E-state index contributed by atoms with van der Waals surface area (Å²) in [4.78, 5) is 15.6. The van der Waals surface area contributed by atoms with Gasteiger partial charge in [-0.2, -0.15) is 5.10 Å². The van der Waals surface area contributed by atoms with Crippen LogP contribution in [0.5, 0.6) is 0 Å². The van der Waals surface area contributed by atoms with E-state index in [-0.39, 0.29) is 24.2 Å². The molecule has 6 nitrogen and oxygen atoms in total. The van der Waals surface area contributed by atoms with Crippen molar-refractivity contribution in [3.05, 3.63) is 131 Å². The van der Waals surface area contributed by atoms with Crippen LogP contribution in [0.25, 0.3) is 11.5 Å². The number of aromatic nitrogens is 3. The van der Waals surface area contributed by atoms with Crippen LogP contribution >= 0.6 is 0 Å². The molecule has 1 aliphatic rings. The third-order valence-corrected chi connectivity index (χ3v) is 6.85. The lowest BCUT2D eigenvalue weighted by Crippen LogP contribution is -2.38. The number of amides is 2. The quantitative estimate of drug-likeness (QED) is 0.295. The zero-order valence-electron chi connectivity index (χ0n) is 20.7. The van der Waals surface area contributed by atoms with E-state index in [1.54, 1.807) is 17.0 Å². The first-order chi connectivity index (χ1) is 18.5. The number of hydrogen-bond donors (Lipinski definition) is 1. The molecule has 0 fully saturated rings. The summed E-state index contributed by atoms with van der Waals surface area (Å²) < 4.78 is 31.4. The van der Waals surface area contributed by atoms with Crippen LogP contribution in [-0.2, 0) is 13.0 Å². The summed E-state index contributed by atoms with van der Waals surface area (Å²) in [6, 6.07) is 24.8. The number of halogens is 2. The molecular weight excluding hydrogens is 484 g/mol. The molecule has 2 aromatic heterocycles. The largest absolute Gasteiger partial charge is 0.322 e. The first-order valence-corrected chi connectivity index (χ1v) is 12.5. The Kier molecular flexibility index (Phi) is 5.99. The summed E-state index contributed by atoms with van der Waals surface area (Å²) in [6.07, 6.45) is 2.64. The molecule has 3 heterocycles. The van der Waals surface area contributed by atoms with E-state index in [1.165, 1.54) is 36.4 Å². The molecule has 0 spiro atoms. The molecule has 1 aliphatic heterocycles. The van der Waals surface area contributed by atoms with Gasteiger partial charge in [-0.05, 0) is 72.6 Å². The second-order valence-electron chi connectivity index (χ2n) is 9.17. The number of urea groups is 1. The van der Waals surface area contributed by atoms with Crippen molar-refractivity contribution in [1.29, 1.82) is 0 Å². The highest BCUT2D eigenvalue weighted by atomic mass is 19.1. The Balaban J connectivity index is 1.54. The summed E-state index contributed by atoms with van der Waals surface area (Å²) in [5.41, 5.74) is 4.79. The number of hydrogen-bond acceptors (Lipinski definition) is 2. The van der Waals surface area contributed by atoms with Crippen molar-refractivity contribution in [2.45, 2.75) is 25.9 Å². The Hall–Kier alpha value is -4.72. The van der Waals surface area contributed by atoms with E-state index in [0.29, 0.717) is 12.1 Å². The predicted octanol–water partition coefficient (Wildman–Crippen LogP) is 6.64. The molecule has 1 atom stereocenters. The highest BCUT2D eigenvalue weighted by Crippen LogP contribution is 2.39. The molecule has 38 heavy (non-hydrogen) atoms. The van der Waals surface area contributed by atoms with Crippen LogP contribution in [0, 0.1) is 11.6 Å². The monoisotopic (exact) mass is 509 g/mol. The third-order valence-electron chi connectivity index (χ3n) is 6.85. The fourth-order valence-corrected chi connectivity index (χ4v) is 5.07. The Labute approximate surface area is 218 Å². The van der Waals surface area contributed by atoms with E-state index in [0.717, 1.165) is 34.0 Å². The van der Waals surface area contributed by atoms with Crippen molar-refractivity contribution in [1.82, 2.24) is 19.2 Å². The van der Waals surface area contributed by atoms with Gasteiger partial charge in [-0.25, -0.2) is 18.3 Å². The van der Waals surface area contributed by atoms with Crippen molar-refractivity contribution in [2.75, 3.05) is 5.32 Å². The summed E-state index contributed by atoms with van der Waals surface area (Å²) in [6.45, 7) is 2.31. The number of aryl methyl sites for hydroxylation is 1. The Morgan fingerprint density at radius 1 is 0.921 bits per heavy atom. The van der Waals surface area contributed by atoms with Gasteiger partial charge in [0, 0.05) is 17.4 Å². The number of nitrogens with zero attached hydrogens (tertiary/aromatic N) is 4. The van der Waals surface area contributed by atoms with Gasteiger partial charge in [-0.3, -0.25) is 0 Å². The number of carbonyl (C=O) groups is 1. The topological polar surface area (TPSA) is 55.1 Å². The van der Waals surface area contributed by atoms with Crippen molar-refractivity contribution in [3.8, 4) is 11.5 Å². The van der Waals surface area contributed by atoms with Crippen LogP contribution in [0.4, 0.5) is 19.3 Å². The molecule has 5 aromatic rings. The van der Waals surface area contributed by atoms with Gasteiger partial charge in [0.1, 0.15) is 17.5 Å². The number of carbonyl (C=O) groups excluding carboxylic acids is 1. The van der Waals surface area contributed by atoms with Crippen LogP contribution in [0.3, 0.4) is 0 Å². The van der Waals surface area contributed by atoms with Crippen LogP contribution in [-0.4, -0.2) is 25.3 Å². The van der Waals surface area contributed by atoms with Crippen molar-refractivity contribution >= 4 is 11.7 Å².